The summed E-state index contributed by atoms with van der Waals surface area (Å²) in [5.41, 5.74) is 0. The lowest BCUT2D eigenvalue weighted by Crippen LogP contribution is -2.08. The average Bonchev–Trinajstić information content (AvgIpc) is 2.83. The molecule has 6 nitrogen and oxygen atoms in total. The van der Waals surface area contributed by atoms with Crippen molar-refractivity contribution in [1.82, 2.24) is 0 Å². The van der Waals surface area contributed by atoms with Crippen LogP contribution in [0.1, 0.15) is 11.9 Å². The molecule has 1 aromatic rings. The van der Waals surface area contributed by atoms with E-state index in [0.29, 0.717) is 5.76 Å². The highest BCUT2D eigenvalue weighted by Gasteiger charge is 2.09. The molecule has 0 bridgehead atoms. The van der Waals surface area contributed by atoms with Crippen LogP contribution in [0.3, 0.4) is 0 Å². The number of rotatable bonds is 6. The molecule has 0 saturated heterocycles. The highest BCUT2D eigenvalue weighted by atomic mass is 16.5. The molecule has 0 saturated carbocycles. The third-order valence-electron chi connectivity index (χ3n) is 1.56. The molecular weight excluding hydrogens is 228 g/mol. The number of furan rings is 1. The van der Waals surface area contributed by atoms with Crippen molar-refractivity contribution in [2.24, 2.45) is 0 Å². The van der Waals surface area contributed by atoms with Gasteiger partial charge in [0.1, 0.15) is 11.9 Å². The van der Waals surface area contributed by atoms with Crippen molar-refractivity contribution in [2.75, 3.05) is 19.8 Å². The molecular formula is C11H16O6. The maximum atomic E-state index is 9.34. The predicted molar refractivity (Wildman–Crippen MR) is 59.4 cm³/mol. The Morgan fingerprint density at radius 2 is 2.29 bits per heavy atom. The Balaban J connectivity index is 0.000000437. The lowest BCUT2D eigenvalue weighted by Gasteiger charge is -2.06. The van der Waals surface area contributed by atoms with Crippen molar-refractivity contribution in [3.63, 3.8) is 0 Å². The number of carbonyl (C=O) groups is 1. The Labute approximate surface area is 98.8 Å². The molecule has 6 heteroatoms. The molecule has 0 aromatic carbocycles. The summed E-state index contributed by atoms with van der Waals surface area (Å²) >= 11 is 0. The second kappa shape index (κ2) is 9.59. The maximum Gasteiger partial charge on any atom is 0.327 e. The van der Waals surface area contributed by atoms with E-state index in [1.165, 1.54) is 6.26 Å². The van der Waals surface area contributed by atoms with E-state index in [2.05, 4.69) is 6.58 Å². The van der Waals surface area contributed by atoms with Gasteiger partial charge >= 0.3 is 5.97 Å². The molecule has 1 unspecified atom stereocenters. The molecule has 1 aromatic heterocycles. The van der Waals surface area contributed by atoms with Gasteiger partial charge in [0.05, 0.1) is 26.1 Å². The van der Waals surface area contributed by atoms with Crippen LogP contribution in [-0.2, 0) is 9.53 Å². The van der Waals surface area contributed by atoms with Crippen LogP contribution < -0.4 is 0 Å². The minimum atomic E-state index is -0.981. The van der Waals surface area contributed by atoms with Gasteiger partial charge < -0.3 is 24.5 Å². The summed E-state index contributed by atoms with van der Waals surface area (Å²) in [5.74, 6) is -0.502. The highest BCUT2D eigenvalue weighted by molar-refractivity contribution is 5.78. The Morgan fingerprint density at radius 3 is 2.71 bits per heavy atom. The molecule has 0 fully saturated rings. The van der Waals surface area contributed by atoms with Crippen LogP contribution >= 0.6 is 0 Å². The van der Waals surface area contributed by atoms with Crippen molar-refractivity contribution >= 4 is 5.97 Å². The quantitative estimate of drug-likeness (QED) is 0.500. The van der Waals surface area contributed by atoms with Gasteiger partial charge in [-0.2, -0.15) is 0 Å². The van der Waals surface area contributed by atoms with E-state index in [0.717, 1.165) is 6.08 Å². The smallest absolute Gasteiger partial charge is 0.327 e. The van der Waals surface area contributed by atoms with Gasteiger partial charge in [-0.05, 0) is 12.1 Å². The predicted octanol–water partition coefficient (Wildman–Crippen LogP) is 0.579. The SMILES string of the molecule is C=CC(=O)O.OCCOCC(O)c1ccco1. The number of aliphatic carboxylic acids is 1. The minimum Gasteiger partial charge on any atom is -0.478 e. The van der Waals surface area contributed by atoms with Crippen molar-refractivity contribution < 1.29 is 29.3 Å². The van der Waals surface area contributed by atoms with Gasteiger partial charge in [0.25, 0.3) is 0 Å². The first kappa shape index (κ1) is 15.4. The van der Waals surface area contributed by atoms with E-state index in [1.54, 1.807) is 12.1 Å². The van der Waals surface area contributed by atoms with Gasteiger partial charge in [-0.25, -0.2) is 4.79 Å². The van der Waals surface area contributed by atoms with Crippen molar-refractivity contribution in [1.29, 1.82) is 0 Å². The van der Waals surface area contributed by atoms with Gasteiger partial charge in [0.2, 0.25) is 0 Å². The van der Waals surface area contributed by atoms with Crippen LogP contribution in [0.15, 0.2) is 35.5 Å². The summed E-state index contributed by atoms with van der Waals surface area (Å²) in [4.78, 5) is 9.25. The van der Waals surface area contributed by atoms with Gasteiger partial charge in [-0.15, -0.1) is 0 Å². The van der Waals surface area contributed by atoms with Crippen LogP contribution in [-0.4, -0.2) is 41.1 Å². The number of carboxylic acids is 1. The molecule has 1 atom stereocenters. The largest absolute Gasteiger partial charge is 0.478 e. The third-order valence-corrected chi connectivity index (χ3v) is 1.56. The van der Waals surface area contributed by atoms with E-state index in [1.807, 2.05) is 0 Å². The third kappa shape index (κ3) is 8.21. The number of hydrogen-bond acceptors (Lipinski definition) is 5. The number of aliphatic hydroxyl groups is 2. The molecule has 1 rings (SSSR count). The van der Waals surface area contributed by atoms with Gasteiger partial charge in [0, 0.05) is 6.08 Å². The molecule has 1 heterocycles. The lowest BCUT2D eigenvalue weighted by molar-refractivity contribution is -0.131. The first-order chi connectivity index (χ1) is 8.11. The summed E-state index contributed by atoms with van der Waals surface area (Å²) < 4.78 is 9.84. The van der Waals surface area contributed by atoms with Crippen LogP contribution in [0, 0.1) is 0 Å². The van der Waals surface area contributed by atoms with Crippen molar-refractivity contribution in [2.45, 2.75) is 6.10 Å². The number of ether oxygens (including phenoxy) is 1. The highest BCUT2D eigenvalue weighted by Crippen LogP contribution is 2.12. The summed E-state index contributed by atoms with van der Waals surface area (Å²) in [6, 6.07) is 3.37. The molecule has 96 valence electrons. The molecule has 3 N–H and O–H groups in total. The second-order valence-electron chi connectivity index (χ2n) is 2.87. The van der Waals surface area contributed by atoms with E-state index in [4.69, 9.17) is 19.4 Å². The van der Waals surface area contributed by atoms with E-state index in [9.17, 15) is 9.90 Å². The zero-order valence-corrected chi connectivity index (χ0v) is 9.28. The standard InChI is InChI=1S/C8H12O4.C3H4O2/c9-3-5-11-6-7(10)8-2-1-4-12-8;1-2-3(4)5/h1-2,4,7,9-10H,3,5-6H2;2H,1H2,(H,4,5). The molecule has 0 aliphatic heterocycles. The van der Waals surface area contributed by atoms with Crippen LogP contribution in [0.4, 0.5) is 0 Å². The Hall–Kier alpha value is -1.63. The van der Waals surface area contributed by atoms with Crippen LogP contribution in [0.5, 0.6) is 0 Å². The lowest BCUT2D eigenvalue weighted by atomic mass is 10.3. The van der Waals surface area contributed by atoms with E-state index >= 15 is 0 Å². The number of hydrogen-bond donors (Lipinski definition) is 3. The molecule has 0 aliphatic carbocycles. The second-order valence-corrected chi connectivity index (χ2v) is 2.87. The normalized spacial score (nSPS) is 11.2. The molecule has 0 amide bonds. The fraction of sp³-hybridized carbons (Fsp3) is 0.364. The monoisotopic (exact) mass is 244 g/mol. The number of carboxylic acid groups (broad SMARTS) is 1. The zero-order chi connectivity index (χ0) is 13.1. The van der Waals surface area contributed by atoms with Gasteiger partial charge in [-0.3, -0.25) is 0 Å². The summed E-state index contributed by atoms with van der Waals surface area (Å²) in [6.07, 6.45) is 1.58. The van der Waals surface area contributed by atoms with Gasteiger partial charge in [0.15, 0.2) is 0 Å². The molecule has 0 aliphatic rings. The van der Waals surface area contributed by atoms with Crippen LogP contribution in [0.25, 0.3) is 0 Å². The van der Waals surface area contributed by atoms with Crippen molar-refractivity contribution in [3.05, 3.63) is 36.8 Å². The fourth-order valence-electron chi connectivity index (χ4n) is 0.823. The Bertz CT molecular complexity index is 306. The maximum absolute atomic E-state index is 9.34. The number of aliphatic hydroxyl groups excluding tert-OH is 2. The zero-order valence-electron chi connectivity index (χ0n) is 9.28. The first-order valence-corrected chi connectivity index (χ1v) is 4.87. The summed E-state index contributed by atoms with van der Waals surface area (Å²) in [5, 5.41) is 25.3. The average molecular weight is 244 g/mol. The Kier molecular flexibility index (Phi) is 8.67. The first-order valence-electron chi connectivity index (χ1n) is 4.87. The van der Waals surface area contributed by atoms with E-state index < -0.39 is 12.1 Å². The minimum absolute atomic E-state index is 0.0368. The topological polar surface area (TPSA) is 100 Å². The molecule has 0 radical (unpaired) electrons. The fourth-order valence-corrected chi connectivity index (χ4v) is 0.823. The molecule has 0 spiro atoms. The summed E-state index contributed by atoms with van der Waals surface area (Å²) in [6.45, 7) is 3.30. The summed E-state index contributed by atoms with van der Waals surface area (Å²) in [7, 11) is 0. The Morgan fingerprint density at radius 1 is 1.65 bits per heavy atom. The van der Waals surface area contributed by atoms with Crippen LogP contribution in [0.2, 0.25) is 0 Å². The van der Waals surface area contributed by atoms with Crippen molar-refractivity contribution in [3.8, 4) is 0 Å². The van der Waals surface area contributed by atoms with Gasteiger partial charge in [-0.1, -0.05) is 6.58 Å². The molecule has 17 heavy (non-hydrogen) atoms. The van der Waals surface area contributed by atoms with E-state index in [-0.39, 0.29) is 19.8 Å².